The molecule has 3 rings (SSSR count). The van der Waals surface area contributed by atoms with Crippen molar-refractivity contribution in [1.29, 1.82) is 0 Å². The summed E-state index contributed by atoms with van der Waals surface area (Å²) in [6.07, 6.45) is 3.70. The molecule has 0 aliphatic carbocycles. The summed E-state index contributed by atoms with van der Waals surface area (Å²) in [5.74, 6) is 2.29. The highest BCUT2D eigenvalue weighted by molar-refractivity contribution is 5.68. The monoisotopic (exact) mass is 397 g/mol. The first-order valence-corrected chi connectivity index (χ1v) is 10.4. The summed E-state index contributed by atoms with van der Waals surface area (Å²) in [7, 11) is 0. The lowest BCUT2D eigenvalue weighted by atomic mass is 10.0. The third-order valence-corrected chi connectivity index (χ3v) is 4.76. The van der Waals surface area contributed by atoms with Gasteiger partial charge in [0, 0.05) is 25.1 Å². The van der Waals surface area contributed by atoms with Gasteiger partial charge in [0.05, 0.1) is 6.61 Å². The Labute approximate surface area is 173 Å². The fourth-order valence-corrected chi connectivity index (χ4v) is 3.43. The first kappa shape index (κ1) is 21.0. The molecule has 0 spiro atoms. The Balaban J connectivity index is 1.53. The molecule has 1 amide bonds. The summed E-state index contributed by atoms with van der Waals surface area (Å²) >= 11 is 0. The van der Waals surface area contributed by atoms with Gasteiger partial charge in [0.15, 0.2) is 0 Å². The van der Waals surface area contributed by atoms with Crippen LogP contribution in [0.3, 0.4) is 0 Å². The summed E-state index contributed by atoms with van der Waals surface area (Å²) in [6.45, 7) is 6.99. The van der Waals surface area contributed by atoms with Crippen LogP contribution < -0.4 is 9.47 Å². The molecular weight excluding hydrogens is 366 g/mol. The number of nitrogens with zero attached hydrogens (tertiary/aromatic N) is 1. The van der Waals surface area contributed by atoms with E-state index in [0.29, 0.717) is 6.61 Å². The van der Waals surface area contributed by atoms with Crippen LogP contribution >= 0.6 is 0 Å². The highest BCUT2D eigenvalue weighted by atomic mass is 16.6. The van der Waals surface area contributed by atoms with Crippen LogP contribution in [-0.4, -0.2) is 35.8 Å². The Morgan fingerprint density at radius 3 is 2.48 bits per heavy atom. The van der Waals surface area contributed by atoms with E-state index in [1.54, 1.807) is 0 Å². The van der Waals surface area contributed by atoms with E-state index in [9.17, 15) is 4.79 Å². The second-order valence-corrected chi connectivity index (χ2v) is 8.35. The van der Waals surface area contributed by atoms with Crippen molar-refractivity contribution in [3.63, 3.8) is 0 Å². The van der Waals surface area contributed by atoms with E-state index in [1.807, 2.05) is 80.3 Å². The van der Waals surface area contributed by atoms with E-state index in [1.165, 1.54) is 0 Å². The Kier molecular flexibility index (Phi) is 7.02. The number of ether oxygens (including phenoxy) is 3. The van der Waals surface area contributed by atoms with Crippen molar-refractivity contribution in [3.05, 3.63) is 54.6 Å². The molecular formula is C24H31NO4. The zero-order valence-corrected chi connectivity index (χ0v) is 17.6. The first-order valence-electron chi connectivity index (χ1n) is 10.4. The van der Waals surface area contributed by atoms with Gasteiger partial charge >= 0.3 is 6.09 Å². The zero-order chi connectivity index (χ0) is 20.7. The zero-order valence-electron chi connectivity index (χ0n) is 17.6. The van der Waals surface area contributed by atoms with Gasteiger partial charge in [-0.3, -0.25) is 0 Å². The van der Waals surface area contributed by atoms with Crippen LogP contribution in [0.25, 0.3) is 0 Å². The highest BCUT2D eigenvalue weighted by Crippen LogP contribution is 2.26. The number of likely N-dealkylation sites (tertiary alicyclic amines) is 1. The van der Waals surface area contributed by atoms with Gasteiger partial charge in [0.25, 0.3) is 0 Å². The fraction of sp³-hybridized carbons (Fsp3) is 0.458. The number of para-hydroxylation sites is 1. The van der Waals surface area contributed by atoms with Crippen LogP contribution in [0.15, 0.2) is 54.6 Å². The molecule has 29 heavy (non-hydrogen) atoms. The van der Waals surface area contributed by atoms with Gasteiger partial charge < -0.3 is 19.1 Å². The summed E-state index contributed by atoms with van der Waals surface area (Å²) in [5.41, 5.74) is -0.477. The first-order chi connectivity index (χ1) is 13.9. The Hall–Kier alpha value is -2.69. The Morgan fingerprint density at radius 2 is 1.72 bits per heavy atom. The van der Waals surface area contributed by atoms with E-state index in [2.05, 4.69) is 0 Å². The Morgan fingerprint density at radius 1 is 1.00 bits per heavy atom. The molecule has 1 aliphatic heterocycles. The second kappa shape index (κ2) is 9.68. The highest BCUT2D eigenvalue weighted by Gasteiger charge is 2.30. The lowest BCUT2D eigenvalue weighted by Crippen LogP contribution is -2.46. The molecule has 5 nitrogen and oxygen atoms in total. The number of hydrogen-bond donors (Lipinski definition) is 0. The minimum Gasteiger partial charge on any atom is -0.493 e. The van der Waals surface area contributed by atoms with Gasteiger partial charge in [-0.25, -0.2) is 4.79 Å². The number of piperidine rings is 1. The van der Waals surface area contributed by atoms with Crippen molar-refractivity contribution >= 4 is 6.09 Å². The summed E-state index contributed by atoms with van der Waals surface area (Å²) < 4.78 is 17.4. The molecule has 5 heteroatoms. The molecule has 1 fully saturated rings. The molecule has 0 aromatic heterocycles. The lowest BCUT2D eigenvalue weighted by Gasteiger charge is -2.36. The number of carbonyl (C=O) groups excluding carboxylic acids is 1. The van der Waals surface area contributed by atoms with Gasteiger partial charge in [-0.05, 0) is 64.3 Å². The molecule has 0 saturated carbocycles. The standard InChI is InChI=1S/C24H31NO4/c1-24(2,3)29-23(26)25-16-8-7-10-19(25)15-17-27-21-13-9-14-22(18-21)28-20-11-5-4-6-12-20/h4-6,9,11-14,18-19H,7-8,10,15-17H2,1-3H3. The topological polar surface area (TPSA) is 48.0 Å². The molecule has 1 atom stereocenters. The predicted molar refractivity (Wildman–Crippen MR) is 114 cm³/mol. The molecule has 0 radical (unpaired) electrons. The van der Waals surface area contributed by atoms with E-state index in [-0.39, 0.29) is 12.1 Å². The number of hydrogen-bond acceptors (Lipinski definition) is 4. The molecule has 2 aromatic carbocycles. The number of rotatable bonds is 6. The number of benzene rings is 2. The Bertz CT molecular complexity index is 785. The molecule has 156 valence electrons. The maximum Gasteiger partial charge on any atom is 0.410 e. The van der Waals surface area contributed by atoms with Crippen LogP contribution in [-0.2, 0) is 4.74 Å². The molecule has 1 saturated heterocycles. The molecule has 2 aromatic rings. The van der Waals surface area contributed by atoms with Crippen molar-refractivity contribution in [2.24, 2.45) is 0 Å². The quantitative estimate of drug-likeness (QED) is 0.596. The minimum atomic E-state index is -0.477. The van der Waals surface area contributed by atoms with Gasteiger partial charge in [-0.1, -0.05) is 24.3 Å². The summed E-state index contributed by atoms with van der Waals surface area (Å²) in [4.78, 5) is 14.4. The van der Waals surface area contributed by atoms with Crippen molar-refractivity contribution in [1.82, 2.24) is 4.90 Å². The van der Waals surface area contributed by atoms with Crippen LogP contribution in [0.4, 0.5) is 4.79 Å². The van der Waals surface area contributed by atoms with E-state index >= 15 is 0 Å². The second-order valence-electron chi connectivity index (χ2n) is 8.35. The van der Waals surface area contributed by atoms with Crippen LogP contribution in [0, 0.1) is 0 Å². The van der Waals surface area contributed by atoms with Gasteiger partial charge in [0.2, 0.25) is 0 Å². The van der Waals surface area contributed by atoms with Gasteiger partial charge in [-0.2, -0.15) is 0 Å². The normalized spacial score (nSPS) is 16.9. The van der Waals surface area contributed by atoms with Crippen molar-refractivity contribution in [2.75, 3.05) is 13.2 Å². The number of amides is 1. The van der Waals surface area contributed by atoms with Gasteiger partial charge in [0.1, 0.15) is 22.8 Å². The van der Waals surface area contributed by atoms with Crippen molar-refractivity contribution in [2.45, 2.75) is 58.1 Å². The van der Waals surface area contributed by atoms with Crippen LogP contribution in [0.2, 0.25) is 0 Å². The minimum absolute atomic E-state index is 0.155. The predicted octanol–water partition coefficient (Wildman–Crippen LogP) is 6.04. The maximum atomic E-state index is 12.5. The van der Waals surface area contributed by atoms with Crippen LogP contribution in [0.1, 0.15) is 46.5 Å². The third-order valence-electron chi connectivity index (χ3n) is 4.76. The fourth-order valence-electron chi connectivity index (χ4n) is 3.43. The van der Waals surface area contributed by atoms with Crippen molar-refractivity contribution < 1.29 is 19.0 Å². The van der Waals surface area contributed by atoms with E-state index < -0.39 is 5.60 Å². The van der Waals surface area contributed by atoms with E-state index in [4.69, 9.17) is 14.2 Å². The summed E-state index contributed by atoms with van der Waals surface area (Å²) in [6, 6.07) is 17.5. The lowest BCUT2D eigenvalue weighted by molar-refractivity contribution is 0.00744. The van der Waals surface area contributed by atoms with Crippen molar-refractivity contribution in [3.8, 4) is 17.2 Å². The van der Waals surface area contributed by atoms with E-state index in [0.717, 1.165) is 49.5 Å². The smallest absolute Gasteiger partial charge is 0.410 e. The third kappa shape index (κ3) is 6.70. The molecule has 1 unspecified atom stereocenters. The van der Waals surface area contributed by atoms with Crippen LogP contribution in [0.5, 0.6) is 17.2 Å². The maximum absolute atomic E-state index is 12.5. The molecule has 1 heterocycles. The average molecular weight is 398 g/mol. The average Bonchev–Trinajstić information content (AvgIpc) is 2.68. The molecule has 0 bridgehead atoms. The summed E-state index contributed by atoms with van der Waals surface area (Å²) in [5, 5.41) is 0. The largest absolute Gasteiger partial charge is 0.493 e. The SMILES string of the molecule is CC(C)(C)OC(=O)N1CCCCC1CCOc1cccc(Oc2ccccc2)c1. The molecule has 0 N–H and O–H groups in total. The number of carbonyl (C=O) groups is 1. The van der Waals surface area contributed by atoms with Gasteiger partial charge in [-0.15, -0.1) is 0 Å². The molecule has 1 aliphatic rings.